The number of hydrogen-bond donors (Lipinski definition) is 0. The summed E-state index contributed by atoms with van der Waals surface area (Å²) in [7, 11) is 0. The largest absolute Gasteiger partial charge is 0.0884 e. The molecule has 92 valence electrons. The molecule has 0 aliphatic heterocycles. The molecule has 0 bridgehead atoms. The topological polar surface area (TPSA) is 0 Å². The third-order valence-electron chi connectivity index (χ3n) is 3.27. The molecule has 0 radical (unpaired) electrons. The van der Waals surface area contributed by atoms with Crippen molar-refractivity contribution in [2.24, 2.45) is 11.8 Å². The maximum atomic E-state index is 6.33. The van der Waals surface area contributed by atoms with Crippen LogP contribution in [0.3, 0.4) is 0 Å². The van der Waals surface area contributed by atoms with Crippen molar-refractivity contribution in [3.05, 3.63) is 67.7 Å². The Hall–Kier alpha value is -0.400. The summed E-state index contributed by atoms with van der Waals surface area (Å²) in [5.74, 6) is 0.0814. The summed E-state index contributed by atoms with van der Waals surface area (Å²) in [5.41, 5.74) is 2.17. The van der Waals surface area contributed by atoms with E-state index in [2.05, 4.69) is 0 Å². The zero-order valence-electron chi connectivity index (χ0n) is 9.13. The summed E-state index contributed by atoms with van der Waals surface area (Å²) < 4.78 is 0. The smallest absolute Gasteiger partial charge is 0.0420 e. The van der Waals surface area contributed by atoms with Crippen LogP contribution in [0.2, 0.25) is 0 Å². The van der Waals surface area contributed by atoms with Gasteiger partial charge in [-0.05, 0) is 35.5 Å². The van der Waals surface area contributed by atoms with Crippen LogP contribution < -0.4 is 0 Å². The van der Waals surface area contributed by atoms with E-state index in [9.17, 15) is 0 Å². The Labute approximate surface area is 126 Å². The Morgan fingerprint density at radius 3 is 1.39 bits per heavy atom. The standard InChI is InChI=1S/C14H8Cl4/c15-9-3-7-1-2-8-4-10(16)6-12(18)14(8)13(7)11(17)5-9/h1-6,13-14H. The van der Waals surface area contributed by atoms with Crippen LogP contribution in [0.4, 0.5) is 0 Å². The second kappa shape index (κ2) is 4.61. The van der Waals surface area contributed by atoms with Crippen LogP contribution >= 0.6 is 46.4 Å². The van der Waals surface area contributed by atoms with E-state index in [1.807, 2.05) is 24.3 Å². The number of hydrogen-bond acceptors (Lipinski definition) is 0. The molecule has 2 unspecified atom stereocenters. The molecule has 0 aromatic carbocycles. The first kappa shape index (κ1) is 12.6. The van der Waals surface area contributed by atoms with E-state index in [-0.39, 0.29) is 11.8 Å². The maximum Gasteiger partial charge on any atom is 0.0420 e. The lowest BCUT2D eigenvalue weighted by Gasteiger charge is -2.35. The maximum absolute atomic E-state index is 6.33. The van der Waals surface area contributed by atoms with Crippen molar-refractivity contribution in [2.75, 3.05) is 0 Å². The van der Waals surface area contributed by atoms with Gasteiger partial charge in [0.2, 0.25) is 0 Å². The predicted octanol–water partition coefficient (Wildman–Crippen LogP) is 5.60. The SMILES string of the molecule is ClC1=CC2=CC=C3C=C(Cl)C=C(Cl)C3C2C(Cl)=C1. The molecule has 3 aliphatic carbocycles. The minimum Gasteiger partial charge on any atom is -0.0884 e. The third kappa shape index (κ3) is 2.02. The molecule has 0 spiro atoms. The van der Waals surface area contributed by atoms with Crippen molar-refractivity contribution in [1.82, 2.24) is 0 Å². The molecule has 2 atom stereocenters. The van der Waals surface area contributed by atoms with Crippen LogP contribution in [0, 0.1) is 11.8 Å². The van der Waals surface area contributed by atoms with Gasteiger partial charge in [-0.1, -0.05) is 58.6 Å². The molecule has 0 saturated carbocycles. The van der Waals surface area contributed by atoms with E-state index in [0.717, 1.165) is 11.1 Å². The summed E-state index contributed by atoms with van der Waals surface area (Å²) in [4.78, 5) is 0. The van der Waals surface area contributed by atoms with Crippen LogP contribution in [-0.2, 0) is 0 Å². The molecular weight excluding hydrogens is 310 g/mol. The summed E-state index contributed by atoms with van der Waals surface area (Å²) in [6, 6.07) is 0. The monoisotopic (exact) mass is 316 g/mol. The zero-order chi connectivity index (χ0) is 12.9. The number of rotatable bonds is 0. The highest BCUT2D eigenvalue weighted by Crippen LogP contribution is 2.49. The average molecular weight is 318 g/mol. The van der Waals surface area contributed by atoms with Gasteiger partial charge in [0.15, 0.2) is 0 Å². The van der Waals surface area contributed by atoms with Crippen LogP contribution in [0.5, 0.6) is 0 Å². The van der Waals surface area contributed by atoms with E-state index in [0.29, 0.717) is 20.1 Å². The van der Waals surface area contributed by atoms with E-state index in [1.54, 1.807) is 12.2 Å². The summed E-state index contributed by atoms with van der Waals surface area (Å²) in [6.45, 7) is 0. The van der Waals surface area contributed by atoms with Gasteiger partial charge in [0, 0.05) is 32.0 Å². The first-order chi connectivity index (χ1) is 8.56. The number of halogens is 4. The van der Waals surface area contributed by atoms with Gasteiger partial charge >= 0.3 is 0 Å². The van der Waals surface area contributed by atoms with E-state index < -0.39 is 0 Å². The lowest BCUT2D eigenvalue weighted by molar-refractivity contribution is 0.594. The van der Waals surface area contributed by atoms with Crippen molar-refractivity contribution < 1.29 is 0 Å². The van der Waals surface area contributed by atoms with E-state index >= 15 is 0 Å². The van der Waals surface area contributed by atoms with Crippen molar-refractivity contribution in [3.8, 4) is 0 Å². The van der Waals surface area contributed by atoms with Gasteiger partial charge in [0.05, 0.1) is 0 Å². The Balaban J connectivity index is 2.13. The van der Waals surface area contributed by atoms with Crippen LogP contribution in [-0.4, -0.2) is 0 Å². The molecule has 0 aromatic rings. The molecule has 18 heavy (non-hydrogen) atoms. The number of fused-ring (bicyclic) bond motifs is 3. The van der Waals surface area contributed by atoms with Gasteiger partial charge < -0.3 is 0 Å². The highest BCUT2D eigenvalue weighted by Gasteiger charge is 2.36. The molecule has 3 rings (SSSR count). The molecule has 0 aromatic heterocycles. The van der Waals surface area contributed by atoms with Crippen LogP contribution in [0.15, 0.2) is 67.7 Å². The zero-order valence-corrected chi connectivity index (χ0v) is 12.2. The first-order valence-electron chi connectivity index (χ1n) is 5.46. The summed E-state index contributed by atoms with van der Waals surface area (Å²) in [6.07, 6.45) is 11.4. The van der Waals surface area contributed by atoms with Gasteiger partial charge in [-0.15, -0.1) is 0 Å². The Kier molecular flexibility index (Phi) is 3.23. The second-order valence-electron chi connectivity index (χ2n) is 4.41. The van der Waals surface area contributed by atoms with Crippen LogP contribution in [0.1, 0.15) is 0 Å². The molecule has 0 fully saturated rings. The minimum atomic E-state index is 0.0407. The average Bonchev–Trinajstić information content (AvgIpc) is 2.28. The van der Waals surface area contributed by atoms with Gasteiger partial charge in [0.25, 0.3) is 0 Å². The molecule has 0 heterocycles. The van der Waals surface area contributed by atoms with E-state index in [4.69, 9.17) is 46.4 Å². The van der Waals surface area contributed by atoms with Crippen LogP contribution in [0.25, 0.3) is 0 Å². The van der Waals surface area contributed by atoms with Gasteiger partial charge in [-0.3, -0.25) is 0 Å². The first-order valence-corrected chi connectivity index (χ1v) is 6.98. The van der Waals surface area contributed by atoms with Crippen molar-refractivity contribution in [3.63, 3.8) is 0 Å². The molecule has 0 saturated heterocycles. The molecule has 0 amide bonds. The second-order valence-corrected chi connectivity index (χ2v) is 6.15. The highest BCUT2D eigenvalue weighted by atomic mass is 35.5. The Morgan fingerprint density at radius 1 is 0.611 bits per heavy atom. The van der Waals surface area contributed by atoms with E-state index in [1.165, 1.54) is 0 Å². The Bertz CT molecular complexity index is 545. The van der Waals surface area contributed by atoms with Crippen molar-refractivity contribution in [1.29, 1.82) is 0 Å². The fourth-order valence-corrected chi connectivity index (χ4v) is 3.88. The van der Waals surface area contributed by atoms with Gasteiger partial charge in [0.1, 0.15) is 0 Å². The predicted molar refractivity (Wildman–Crippen MR) is 78.9 cm³/mol. The third-order valence-corrected chi connectivity index (χ3v) is 4.40. The number of allylic oxidation sites excluding steroid dienone is 12. The van der Waals surface area contributed by atoms with Crippen molar-refractivity contribution in [2.45, 2.75) is 0 Å². The van der Waals surface area contributed by atoms with Crippen molar-refractivity contribution >= 4 is 46.4 Å². The Morgan fingerprint density at radius 2 is 1.00 bits per heavy atom. The fourth-order valence-electron chi connectivity index (χ4n) is 2.54. The van der Waals surface area contributed by atoms with Gasteiger partial charge in [-0.25, -0.2) is 0 Å². The molecule has 0 N–H and O–H groups in total. The summed E-state index contributed by atoms with van der Waals surface area (Å²) in [5, 5.41) is 2.71. The van der Waals surface area contributed by atoms with Gasteiger partial charge in [-0.2, -0.15) is 0 Å². The molecule has 3 aliphatic rings. The quantitative estimate of drug-likeness (QED) is 0.545. The molecule has 0 nitrogen and oxygen atoms in total. The molecular formula is C14H8Cl4. The molecule has 4 heteroatoms. The fraction of sp³-hybridized carbons (Fsp3) is 0.143. The normalized spacial score (nSPS) is 30.0. The highest BCUT2D eigenvalue weighted by molar-refractivity contribution is 6.37. The lowest BCUT2D eigenvalue weighted by atomic mass is 9.73. The minimum absolute atomic E-state index is 0.0407. The summed E-state index contributed by atoms with van der Waals surface area (Å²) >= 11 is 24.7. The lowest BCUT2D eigenvalue weighted by Crippen LogP contribution is -2.24.